The largest absolute Gasteiger partial charge is 0.385 e. The van der Waals surface area contributed by atoms with Crippen LogP contribution in [-0.4, -0.2) is 16.6 Å². The Morgan fingerprint density at radius 3 is 2.83 bits per heavy atom. The number of benzene rings is 1. The molecule has 94 valence electrons. The lowest BCUT2D eigenvalue weighted by Crippen LogP contribution is -2.13. The molecule has 0 bridgehead atoms. The van der Waals surface area contributed by atoms with E-state index in [1.807, 2.05) is 37.3 Å². The Morgan fingerprint density at radius 1 is 1.28 bits per heavy atom. The van der Waals surface area contributed by atoms with Crippen molar-refractivity contribution >= 4 is 17.3 Å². The molecule has 0 saturated heterocycles. The minimum absolute atomic E-state index is 0.401. The highest BCUT2D eigenvalue weighted by molar-refractivity contribution is 6.31. The summed E-state index contributed by atoms with van der Waals surface area (Å²) in [5, 5.41) is 13.9. The number of anilines is 1. The lowest BCUT2D eigenvalue weighted by atomic mass is 10.2. The molecule has 1 aromatic heterocycles. The Bertz CT molecular complexity index is 516. The van der Waals surface area contributed by atoms with Crippen molar-refractivity contribution in [3.05, 3.63) is 58.9 Å². The maximum atomic E-state index is 9.98. The maximum Gasteiger partial charge on any atom is 0.113 e. The summed E-state index contributed by atoms with van der Waals surface area (Å²) in [4.78, 5) is 4.11. The van der Waals surface area contributed by atoms with Crippen LogP contribution in [0.5, 0.6) is 0 Å². The van der Waals surface area contributed by atoms with Gasteiger partial charge < -0.3 is 10.4 Å². The number of aromatic nitrogens is 1. The lowest BCUT2D eigenvalue weighted by Gasteiger charge is -2.14. The standard InChI is InChI=1S/C14H15ClN2O/c1-10-11(15)5-4-7-12(10)17-9-14(18)13-6-2-3-8-16-13/h2-8,14,17-18H,9H2,1H3. The molecule has 18 heavy (non-hydrogen) atoms. The number of halogens is 1. The fourth-order valence-corrected chi connectivity index (χ4v) is 1.86. The van der Waals surface area contributed by atoms with Crippen LogP contribution < -0.4 is 5.32 Å². The topological polar surface area (TPSA) is 45.1 Å². The summed E-state index contributed by atoms with van der Waals surface area (Å²) < 4.78 is 0. The molecular weight excluding hydrogens is 248 g/mol. The van der Waals surface area contributed by atoms with Crippen LogP contribution in [0, 0.1) is 6.92 Å². The van der Waals surface area contributed by atoms with Gasteiger partial charge in [0, 0.05) is 23.5 Å². The van der Waals surface area contributed by atoms with Crippen LogP contribution in [0.1, 0.15) is 17.4 Å². The molecule has 2 N–H and O–H groups in total. The average molecular weight is 263 g/mol. The Morgan fingerprint density at radius 2 is 2.11 bits per heavy atom. The summed E-state index contributed by atoms with van der Waals surface area (Å²) >= 11 is 6.03. The SMILES string of the molecule is Cc1c(Cl)cccc1NCC(O)c1ccccn1. The highest BCUT2D eigenvalue weighted by atomic mass is 35.5. The molecule has 0 amide bonds. The highest BCUT2D eigenvalue weighted by Gasteiger charge is 2.09. The van der Waals surface area contributed by atoms with Crippen LogP contribution >= 0.6 is 11.6 Å². The summed E-state index contributed by atoms with van der Waals surface area (Å²) in [5.41, 5.74) is 2.56. The number of pyridine rings is 1. The van der Waals surface area contributed by atoms with Crippen LogP contribution in [0.4, 0.5) is 5.69 Å². The zero-order chi connectivity index (χ0) is 13.0. The van der Waals surface area contributed by atoms with E-state index in [1.54, 1.807) is 12.3 Å². The van der Waals surface area contributed by atoms with Crippen molar-refractivity contribution in [3.63, 3.8) is 0 Å². The van der Waals surface area contributed by atoms with Crippen molar-refractivity contribution in [3.8, 4) is 0 Å². The quantitative estimate of drug-likeness (QED) is 0.890. The second-order valence-electron chi connectivity index (χ2n) is 4.06. The number of rotatable bonds is 4. The molecule has 0 radical (unpaired) electrons. The average Bonchev–Trinajstić information content (AvgIpc) is 2.41. The third kappa shape index (κ3) is 3.00. The molecule has 0 aliphatic heterocycles. The number of aliphatic hydroxyl groups excluding tert-OH is 1. The van der Waals surface area contributed by atoms with E-state index >= 15 is 0 Å². The van der Waals surface area contributed by atoms with Gasteiger partial charge in [-0.1, -0.05) is 23.7 Å². The second-order valence-corrected chi connectivity index (χ2v) is 4.47. The van der Waals surface area contributed by atoms with Crippen LogP contribution in [-0.2, 0) is 0 Å². The van der Waals surface area contributed by atoms with Gasteiger partial charge in [0.05, 0.1) is 5.69 Å². The van der Waals surface area contributed by atoms with Crippen molar-refractivity contribution in [1.29, 1.82) is 0 Å². The van der Waals surface area contributed by atoms with E-state index in [2.05, 4.69) is 10.3 Å². The lowest BCUT2D eigenvalue weighted by molar-refractivity contribution is 0.187. The third-order valence-electron chi connectivity index (χ3n) is 2.78. The zero-order valence-electron chi connectivity index (χ0n) is 10.1. The normalized spacial score (nSPS) is 12.2. The van der Waals surface area contributed by atoms with Crippen LogP contribution in [0.2, 0.25) is 5.02 Å². The first-order chi connectivity index (χ1) is 8.68. The molecular formula is C14H15ClN2O. The van der Waals surface area contributed by atoms with Gasteiger partial charge in [-0.2, -0.15) is 0 Å². The smallest absolute Gasteiger partial charge is 0.113 e. The molecule has 0 fully saturated rings. The van der Waals surface area contributed by atoms with E-state index in [9.17, 15) is 5.11 Å². The van der Waals surface area contributed by atoms with E-state index in [0.717, 1.165) is 11.3 Å². The number of nitrogens with one attached hydrogen (secondary N) is 1. The highest BCUT2D eigenvalue weighted by Crippen LogP contribution is 2.23. The molecule has 1 heterocycles. The summed E-state index contributed by atoms with van der Waals surface area (Å²) in [5.74, 6) is 0. The molecule has 2 aromatic rings. The van der Waals surface area contributed by atoms with Gasteiger partial charge in [0.2, 0.25) is 0 Å². The van der Waals surface area contributed by atoms with E-state index in [0.29, 0.717) is 17.3 Å². The first-order valence-electron chi connectivity index (χ1n) is 5.76. The molecule has 2 rings (SSSR count). The molecule has 4 heteroatoms. The van der Waals surface area contributed by atoms with E-state index < -0.39 is 6.10 Å². The zero-order valence-corrected chi connectivity index (χ0v) is 10.9. The fraction of sp³-hybridized carbons (Fsp3) is 0.214. The Hall–Kier alpha value is -1.58. The predicted octanol–water partition coefficient (Wildman–Crippen LogP) is 3.19. The number of nitrogens with zero attached hydrogens (tertiary/aromatic N) is 1. The molecule has 0 saturated carbocycles. The van der Waals surface area contributed by atoms with Crippen molar-refractivity contribution in [1.82, 2.24) is 4.98 Å². The Balaban J connectivity index is 2.02. The van der Waals surface area contributed by atoms with Crippen LogP contribution in [0.25, 0.3) is 0 Å². The van der Waals surface area contributed by atoms with Gasteiger partial charge in [-0.15, -0.1) is 0 Å². The minimum Gasteiger partial charge on any atom is -0.385 e. The van der Waals surface area contributed by atoms with Crippen LogP contribution in [0.3, 0.4) is 0 Å². The molecule has 0 aliphatic rings. The molecule has 3 nitrogen and oxygen atoms in total. The summed E-state index contributed by atoms with van der Waals surface area (Å²) in [6.07, 6.45) is 1.04. The third-order valence-corrected chi connectivity index (χ3v) is 3.19. The van der Waals surface area contributed by atoms with Gasteiger partial charge in [-0.05, 0) is 36.8 Å². The van der Waals surface area contributed by atoms with E-state index in [4.69, 9.17) is 11.6 Å². The van der Waals surface area contributed by atoms with E-state index in [1.165, 1.54) is 0 Å². The number of hydrogen-bond acceptors (Lipinski definition) is 3. The Labute approximate surface area is 111 Å². The van der Waals surface area contributed by atoms with Crippen molar-refractivity contribution in [2.24, 2.45) is 0 Å². The van der Waals surface area contributed by atoms with Gasteiger partial charge in [0.15, 0.2) is 0 Å². The monoisotopic (exact) mass is 262 g/mol. The van der Waals surface area contributed by atoms with Crippen LogP contribution in [0.15, 0.2) is 42.6 Å². The van der Waals surface area contributed by atoms with Gasteiger partial charge in [0.25, 0.3) is 0 Å². The first kappa shape index (κ1) is 12.9. The summed E-state index contributed by atoms with van der Waals surface area (Å²) in [6, 6.07) is 11.1. The first-order valence-corrected chi connectivity index (χ1v) is 6.14. The summed E-state index contributed by atoms with van der Waals surface area (Å²) in [6.45, 7) is 2.34. The summed E-state index contributed by atoms with van der Waals surface area (Å²) in [7, 11) is 0. The van der Waals surface area contributed by atoms with Crippen molar-refractivity contribution in [2.45, 2.75) is 13.0 Å². The minimum atomic E-state index is -0.635. The molecule has 1 atom stereocenters. The molecule has 0 aliphatic carbocycles. The number of hydrogen-bond donors (Lipinski definition) is 2. The van der Waals surface area contributed by atoms with Gasteiger partial charge in [-0.3, -0.25) is 4.98 Å². The fourth-order valence-electron chi connectivity index (χ4n) is 1.68. The van der Waals surface area contributed by atoms with Gasteiger partial charge >= 0.3 is 0 Å². The Kier molecular flexibility index (Phi) is 4.18. The van der Waals surface area contributed by atoms with Gasteiger partial charge in [-0.25, -0.2) is 0 Å². The van der Waals surface area contributed by atoms with Crippen molar-refractivity contribution in [2.75, 3.05) is 11.9 Å². The van der Waals surface area contributed by atoms with Crippen molar-refractivity contribution < 1.29 is 5.11 Å². The number of aliphatic hydroxyl groups is 1. The second kappa shape index (κ2) is 5.85. The molecule has 1 aromatic carbocycles. The predicted molar refractivity (Wildman–Crippen MR) is 73.9 cm³/mol. The molecule has 0 spiro atoms. The molecule has 1 unspecified atom stereocenters. The van der Waals surface area contributed by atoms with E-state index in [-0.39, 0.29) is 0 Å². The van der Waals surface area contributed by atoms with Gasteiger partial charge in [0.1, 0.15) is 6.10 Å². The maximum absolute atomic E-state index is 9.98.